The Bertz CT molecular complexity index is 607. The summed E-state index contributed by atoms with van der Waals surface area (Å²) < 4.78 is 26.7. The molecule has 0 aliphatic heterocycles. The second-order valence-corrected chi connectivity index (χ2v) is 6.60. The van der Waals surface area contributed by atoms with Crippen LogP contribution < -0.4 is 4.72 Å². The molecule has 1 aromatic carbocycles. The standard InChI is InChI=1S/C14H19NO5S/c1-10(4-3-5-14(17)18)15-21(19,20)13-8-6-12(7-9-13)11(2)16/h6-10,15H,3-5H2,1-2H3,(H,17,18). The first kappa shape index (κ1) is 17.3. The third-order valence-electron chi connectivity index (χ3n) is 2.96. The van der Waals surface area contributed by atoms with Crippen molar-refractivity contribution in [3.05, 3.63) is 29.8 Å². The van der Waals surface area contributed by atoms with Crippen LogP contribution in [0.3, 0.4) is 0 Å². The predicted octanol–water partition coefficient (Wildman–Crippen LogP) is 1.81. The molecule has 6 nitrogen and oxygen atoms in total. The number of hydrogen-bond donors (Lipinski definition) is 2. The van der Waals surface area contributed by atoms with E-state index in [9.17, 15) is 18.0 Å². The van der Waals surface area contributed by atoms with Gasteiger partial charge in [0, 0.05) is 18.0 Å². The van der Waals surface area contributed by atoms with Crippen LogP contribution in [-0.2, 0) is 14.8 Å². The summed E-state index contributed by atoms with van der Waals surface area (Å²) in [7, 11) is -3.66. The van der Waals surface area contributed by atoms with Crippen LogP contribution in [0, 0.1) is 0 Å². The number of Topliss-reactive ketones (excluding diaryl/α,β-unsaturated/α-hetero) is 1. The SMILES string of the molecule is CC(=O)c1ccc(S(=O)(=O)NC(C)CCCC(=O)O)cc1. The normalized spacial score (nSPS) is 12.9. The Hall–Kier alpha value is -1.73. The molecular weight excluding hydrogens is 294 g/mol. The summed E-state index contributed by atoms with van der Waals surface area (Å²) in [5.74, 6) is -1.03. The van der Waals surface area contributed by atoms with Gasteiger partial charge in [0.25, 0.3) is 0 Å². The van der Waals surface area contributed by atoms with E-state index in [1.165, 1.54) is 31.2 Å². The van der Waals surface area contributed by atoms with E-state index in [1.54, 1.807) is 6.92 Å². The summed E-state index contributed by atoms with van der Waals surface area (Å²) in [6, 6.07) is 5.33. The molecule has 1 rings (SSSR count). The Morgan fingerprint density at radius 3 is 2.29 bits per heavy atom. The molecule has 1 unspecified atom stereocenters. The molecule has 0 heterocycles. The smallest absolute Gasteiger partial charge is 0.303 e. The van der Waals surface area contributed by atoms with Crippen LogP contribution in [0.25, 0.3) is 0 Å². The third-order valence-corrected chi connectivity index (χ3v) is 4.56. The lowest BCUT2D eigenvalue weighted by atomic mass is 10.1. The van der Waals surface area contributed by atoms with Crippen LogP contribution in [0.1, 0.15) is 43.5 Å². The first-order chi connectivity index (χ1) is 9.72. The molecule has 21 heavy (non-hydrogen) atoms. The largest absolute Gasteiger partial charge is 0.481 e. The van der Waals surface area contributed by atoms with Gasteiger partial charge in [0.2, 0.25) is 10.0 Å². The Labute approximate surface area is 124 Å². The van der Waals surface area contributed by atoms with Crippen molar-refractivity contribution in [2.45, 2.75) is 44.0 Å². The van der Waals surface area contributed by atoms with Gasteiger partial charge in [-0.15, -0.1) is 0 Å². The third kappa shape index (κ3) is 5.65. The van der Waals surface area contributed by atoms with Crippen molar-refractivity contribution in [2.75, 3.05) is 0 Å². The van der Waals surface area contributed by atoms with Gasteiger partial charge >= 0.3 is 5.97 Å². The molecule has 1 atom stereocenters. The van der Waals surface area contributed by atoms with Crippen molar-refractivity contribution in [3.63, 3.8) is 0 Å². The van der Waals surface area contributed by atoms with Gasteiger partial charge < -0.3 is 5.11 Å². The van der Waals surface area contributed by atoms with Crippen molar-refractivity contribution in [2.24, 2.45) is 0 Å². The summed E-state index contributed by atoms with van der Waals surface area (Å²) in [5.41, 5.74) is 0.448. The van der Waals surface area contributed by atoms with Crippen molar-refractivity contribution < 1.29 is 23.1 Å². The summed E-state index contributed by atoms with van der Waals surface area (Å²) >= 11 is 0. The van der Waals surface area contributed by atoms with Crippen LogP contribution in [0.15, 0.2) is 29.2 Å². The molecule has 0 aliphatic carbocycles. The Kier molecular flexibility index (Phi) is 6.04. The zero-order valence-electron chi connectivity index (χ0n) is 12.0. The van der Waals surface area contributed by atoms with E-state index in [-0.39, 0.29) is 23.1 Å². The molecule has 0 aliphatic rings. The number of carboxylic acids is 1. The average molecular weight is 313 g/mol. The Balaban J connectivity index is 2.68. The number of carboxylic acid groups (broad SMARTS) is 1. The number of nitrogens with one attached hydrogen (secondary N) is 1. The minimum Gasteiger partial charge on any atom is -0.481 e. The lowest BCUT2D eigenvalue weighted by Gasteiger charge is -2.13. The van der Waals surface area contributed by atoms with Gasteiger partial charge in [-0.2, -0.15) is 0 Å². The highest BCUT2D eigenvalue weighted by Crippen LogP contribution is 2.12. The van der Waals surface area contributed by atoms with E-state index in [1.807, 2.05) is 0 Å². The maximum absolute atomic E-state index is 12.1. The summed E-state index contributed by atoms with van der Waals surface area (Å²) in [4.78, 5) is 21.6. The van der Waals surface area contributed by atoms with E-state index in [0.717, 1.165) is 0 Å². The zero-order chi connectivity index (χ0) is 16.0. The minimum atomic E-state index is -3.66. The average Bonchev–Trinajstić information content (AvgIpc) is 2.37. The van der Waals surface area contributed by atoms with Crippen LogP contribution in [-0.4, -0.2) is 31.3 Å². The molecule has 0 amide bonds. The van der Waals surface area contributed by atoms with Crippen molar-refractivity contribution in [3.8, 4) is 0 Å². The molecule has 2 N–H and O–H groups in total. The highest BCUT2D eigenvalue weighted by Gasteiger charge is 2.17. The lowest BCUT2D eigenvalue weighted by molar-refractivity contribution is -0.137. The fourth-order valence-corrected chi connectivity index (χ4v) is 3.10. The van der Waals surface area contributed by atoms with Gasteiger partial charge in [0.05, 0.1) is 4.90 Å². The maximum atomic E-state index is 12.1. The number of carbonyl (C=O) groups excluding carboxylic acids is 1. The Morgan fingerprint density at radius 2 is 1.81 bits per heavy atom. The molecule has 0 saturated heterocycles. The van der Waals surface area contributed by atoms with Crippen LogP contribution in [0.4, 0.5) is 0 Å². The van der Waals surface area contributed by atoms with Gasteiger partial charge in [0.15, 0.2) is 5.78 Å². The van der Waals surface area contributed by atoms with Gasteiger partial charge in [-0.1, -0.05) is 12.1 Å². The van der Waals surface area contributed by atoms with Crippen molar-refractivity contribution in [1.29, 1.82) is 0 Å². The topological polar surface area (TPSA) is 101 Å². The van der Waals surface area contributed by atoms with E-state index >= 15 is 0 Å². The van der Waals surface area contributed by atoms with Crippen molar-refractivity contribution in [1.82, 2.24) is 4.72 Å². The van der Waals surface area contributed by atoms with E-state index in [4.69, 9.17) is 5.11 Å². The van der Waals surface area contributed by atoms with Gasteiger partial charge in [0.1, 0.15) is 0 Å². The molecule has 7 heteroatoms. The number of benzene rings is 1. The molecular formula is C14H19NO5S. The first-order valence-corrected chi connectivity index (χ1v) is 8.06. The van der Waals surface area contributed by atoms with Gasteiger partial charge in [-0.25, -0.2) is 13.1 Å². The maximum Gasteiger partial charge on any atom is 0.303 e. The number of aliphatic carboxylic acids is 1. The van der Waals surface area contributed by atoms with E-state index in [0.29, 0.717) is 18.4 Å². The molecule has 0 saturated carbocycles. The molecule has 0 bridgehead atoms. The molecule has 0 aromatic heterocycles. The predicted molar refractivity (Wildman–Crippen MR) is 77.7 cm³/mol. The number of rotatable bonds is 8. The number of sulfonamides is 1. The van der Waals surface area contributed by atoms with Crippen LogP contribution >= 0.6 is 0 Å². The van der Waals surface area contributed by atoms with E-state index in [2.05, 4.69) is 4.72 Å². The molecule has 0 radical (unpaired) electrons. The fraction of sp³-hybridized carbons (Fsp3) is 0.429. The minimum absolute atomic E-state index is 0.0133. The second kappa shape index (κ2) is 7.33. The fourth-order valence-electron chi connectivity index (χ4n) is 1.82. The van der Waals surface area contributed by atoms with Crippen LogP contribution in [0.2, 0.25) is 0 Å². The number of ketones is 1. The summed E-state index contributed by atoms with van der Waals surface area (Å²) in [6.45, 7) is 3.09. The van der Waals surface area contributed by atoms with Crippen molar-refractivity contribution >= 4 is 21.8 Å². The second-order valence-electron chi connectivity index (χ2n) is 4.89. The quantitative estimate of drug-likeness (QED) is 0.713. The van der Waals surface area contributed by atoms with Gasteiger partial charge in [-0.3, -0.25) is 9.59 Å². The molecule has 116 valence electrons. The van der Waals surface area contributed by atoms with Crippen LogP contribution in [0.5, 0.6) is 0 Å². The zero-order valence-corrected chi connectivity index (χ0v) is 12.8. The highest BCUT2D eigenvalue weighted by molar-refractivity contribution is 7.89. The Morgan fingerprint density at radius 1 is 1.24 bits per heavy atom. The molecule has 0 spiro atoms. The molecule has 1 aromatic rings. The summed E-state index contributed by atoms with van der Waals surface area (Å²) in [6.07, 6.45) is 0.860. The summed E-state index contributed by atoms with van der Waals surface area (Å²) in [5, 5.41) is 8.54. The lowest BCUT2D eigenvalue weighted by Crippen LogP contribution is -2.32. The van der Waals surface area contributed by atoms with E-state index < -0.39 is 16.0 Å². The number of hydrogen-bond acceptors (Lipinski definition) is 4. The highest BCUT2D eigenvalue weighted by atomic mass is 32.2. The first-order valence-electron chi connectivity index (χ1n) is 6.57. The molecule has 0 fully saturated rings. The monoisotopic (exact) mass is 313 g/mol. The number of carbonyl (C=O) groups is 2. The van der Waals surface area contributed by atoms with Gasteiger partial charge in [-0.05, 0) is 38.8 Å².